The van der Waals surface area contributed by atoms with E-state index >= 15 is 0 Å². The van der Waals surface area contributed by atoms with E-state index in [4.69, 9.17) is 4.42 Å². The van der Waals surface area contributed by atoms with Crippen molar-refractivity contribution in [2.45, 2.75) is 12.6 Å². The van der Waals surface area contributed by atoms with E-state index in [2.05, 4.69) is 5.32 Å². The van der Waals surface area contributed by atoms with Gasteiger partial charge < -0.3 is 9.73 Å². The predicted octanol–water partition coefficient (Wildman–Crippen LogP) is 3.70. The molecular formula is C20H15FN2O3S. The summed E-state index contributed by atoms with van der Waals surface area (Å²) >= 11 is 1.49. The molecule has 0 aliphatic heterocycles. The first-order valence-electron chi connectivity index (χ1n) is 8.28. The summed E-state index contributed by atoms with van der Waals surface area (Å²) in [6.45, 7) is -0.168. The van der Waals surface area contributed by atoms with Gasteiger partial charge in [-0.3, -0.25) is 9.36 Å². The van der Waals surface area contributed by atoms with Crippen molar-refractivity contribution < 1.29 is 13.6 Å². The fourth-order valence-corrected chi connectivity index (χ4v) is 3.75. The van der Waals surface area contributed by atoms with Crippen molar-refractivity contribution in [2.75, 3.05) is 0 Å². The first-order valence-corrected chi connectivity index (χ1v) is 9.16. The number of nitrogens with one attached hydrogen (secondary N) is 1. The van der Waals surface area contributed by atoms with Crippen molar-refractivity contribution in [3.8, 4) is 0 Å². The first-order chi connectivity index (χ1) is 13.1. The molecule has 2 heterocycles. The van der Waals surface area contributed by atoms with Crippen molar-refractivity contribution in [1.29, 1.82) is 0 Å². The standard InChI is InChI=1S/C20H15FN2O3S/c21-14-9-7-13(8-10-14)19(17-6-3-11-27-17)22-18(24)12-23-15-4-1-2-5-16(15)26-20(23)25/h1-11,19H,12H2,(H,22,24)/t19-/m0/s1. The molecule has 5 nitrogen and oxygen atoms in total. The summed E-state index contributed by atoms with van der Waals surface area (Å²) in [6, 6.07) is 16.3. The van der Waals surface area contributed by atoms with Crippen LogP contribution in [0.4, 0.5) is 4.39 Å². The van der Waals surface area contributed by atoms with Crippen molar-refractivity contribution in [3.63, 3.8) is 0 Å². The van der Waals surface area contributed by atoms with E-state index < -0.39 is 11.8 Å². The Morgan fingerprint density at radius 3 is 2.63 bits per heavy atom. The zero-order valence-corrected chi connectivity index (χ0v) is 14.9. The first kappa shape index (κ1) is 17.2. The van der Waals surface area contributed by atoms with Gasteiger partial charge in [0, 0.05) is 4.88 Å². The van der Waals surface area contributed by atoms with Gasteiger partial charge in [-0.2, -0.15) is 0 Å². The smallest absolute Gasteiger partial charge is 0.408 e. The van der Waals surface area contributed by atoms with Crippen LogP contribution in [0.15, 0.2) is 75.3 Å². The molecule has 4 aromatic rings. The van der Waals surface area contributed by atoms with Crippen molar-refractivity contribution >= 4 is 28.3 Å². The monoisotopic (exact) mass is 382 g/mol. The molecule has 0 fully saturated rings. The van der Waals surface area contributed by atoms with Crippen molar-refractivity contribution in [2.24, 2.45) is 0 Å². The number of thiophene rings is 1. The lowest BCUT2D eigenvalue weighted by Crippen LogP contribution is -2.34. The number of nitrogens with zero attached hydrogens (tertiary/aromatic N) is 1. The number of amides is 1. The summed E-state index contributed by atoms with van der Waals surface area (Å²) in [4.78, 5) is 25.7. The summed E-state index contributed by atoms with van der Waals surface area (Å²) in [5.74, 6) is -1.27. The van der Waals surface area contributed by atoms with Crippen LogP contribution in [0.2, 0.25) is 0 Å². The maximum atomic E-state index is 13.3. The summed E-state index contributed by atoms with van der Waals surface area (Å²) in [5.41, 5.74) is 1.76. The van der Waals surface area contributed by atoms with Gasteiger partial charge in [0.1, 0.15) is 12.4 Å². The van der Waals surface area contributed by atoms with E-state index in [1.807, 2.05) is 17.5 Å². The molecule has 136 valence electrons. The summed E-state index contributed by atoms with van der Waals surface area (Å²) in [6.07, 6.45) is 0. The highest BCUT2D eigenvalue weighted by Crippen LogP contribution is 2.26. The number of hydrogen-bond donors (Lipinski definition) is 1. The molecule has 1 amide bonds. The molecule has 0 radical (unpaired) electrons. The van der Waals surface area contributed by atoms with Gasteiger partial charge in [-0.05, 0) is 41.3 Å². The van der Waals surface area contributed by atoms with Gasteiger partial charge in [-0.25, -0.2) is 9.18 Å². The Balaban J connectivity index is 1.61. The molecule has 1 N–H and O–H groups in total. The van der Waals surface area contributed by atoms with Gasteiger partial charge in [0.25, 0.3) is 0 Å². The summed E-state index contributed by atoms with van der Waals surface area (Å²) in [7, 11) is 0. The van der Waals surface area contributed by atoms with Crippen molar-refractivity contribution in [1.82, 2.24) is 9.88 Å². The second kappa shape index (κ2) is 7.20. The number of rotatable bonds is 5. The highest BCUT2D eigenvalue weighted by molar-refractivity contribution is 7.10. The highest BCUT2D eigenvalue weighted by Gasteiger charge is 2.20. The number of hydrogen-bond acceptors (Lipinski definition) is 4. The quantitative estimate of drug-likeness (QED) is 0.572. The van der Waals surface area contributed by atoms with E-state index in [-0.39, 0.29) is 18.3 Å². The van der Waals surface area contributed by atoms with Crippen LogP contribution in [-0.4, -0.2) is 10.5 Å². The fraction of sp³-hybridized carbons (Fsp3) is 0.100. The van der Waals surface area contributed by atoms with Gasteiger partial charge in [-0.1, -0.05) is 30.3 Å². The van der Waals surface area contributed by atoms with Crippen LogP contribution in [0, 0.1) is 5.82 Å². The molecule has 2 aromatic carbocycles. The van der Waals surface area contributed by atoms with Crippen LogP contribution in [0.1, 0.15) is 16.5 Å². The van der Waals surface area contributed by atoms with Crippen LogP contribution in [0.25, 0.3) is 11.1 Å². The maximum Gasteiger partial charge on any atom is 0.420 e. The number of para-hydroxylation sites is 2. The number of halogens is 1. The zero-order chi connectivity index (χ0) is 18.8. The molecule has 7 heteroatoms. The molecule has 0 spiro atoms. The largest absolute Gasteiger partial charge is 0.420 e. The van der Waals surface area contributed by atoms with E-state index in [0.717, 1.165) is 10.4 Å². The molecule has 0 aliphatic carbocycles. The fourth-order valence-electron chi connectivity index (χ4n) is 2.94. The Morgan fingerprint density at radius 1 is 1.11 bits per heavy atom. The van der Waals surface area contributed by atoms with Crippen LogP contribution >= 0.6 is 11.3 Å². The minimum Gasteiger partial charge on any atom is -0.408 e. The molecule has 0 unspecified atom stereocenters. The second-order valence-corrected chi connectivity index (χ2v) is 6.97. The minimum atomic E-state index is -0.583. The highest BCUT2D eigenvalue weighted by atomic mass is 32.1. The topological polar surface area (TPSA) is 64.2 Å². The molecule has 2 aromatic heterocycles. The normalized spacial score (nSPS) is 12.2. The van der Waals surface area contributed by atoms with E-state index in [1.54, 1.807) is 36.4 Å². The third-order valence-electron chi connectivity index (χ3n) is 4.21. The predicted molar refractivity (Wildman–Crippen MR) is 101 cm³/mol. The van der Waals surface area contributed by atoms with E-state index in [0.29, 0.717) is 11.1 Å². The van der Waals surface area contributed by atoms with Gasteiger partial charge in [-0.15, -0.1) is 11.3 Å². The maximum absolute atomic E-state index is 13.3. The Morgan fingerprint density at radius 2 is 1.89 bits per heavy atom. The third kappa shape index (κ3) is 3.54. The third-order valence-corrected chi connectivity index (χ3v) is 5.15. The molecule has 0 aliphatic rings. The molecule has 0 saturated carbocycles. The number of aromatic nitrogens is 1. The number of fused-ring (bicyclic) bond motifs is 1. The van der Waals surface area contributed by atoms with Crippen LogP contribution in [-0.2, 0) is 11.3 Å². The Bertz CT molecular complexity index is 1130. The SMILES string of the molecule is O=C(Cn1c(=O)oc2ccccc21)N[C@@H](c1ccc(F)cc1)c1cccs1. The van der Waals surface area contributed by atoms with Gasteiger partial charge in [0.15, 0.2) is 5.58 Å². The van der Waals surface area contributed by atoms with Gasteiger partial charge in [0.2, 0.25) is 5.91 Å². The second-order valence-electron chi connectivity index (χ2n) is 5.99. The lowest BCUT2D eigenvalue weighted by molar-refractivity contribution is -0.122. The molecule has 1 atom stereocenters. The van der Waals surface area contributed by atoms with Crippen LogP contribution < -0.4 is 11.1 Å². The molecule has 0 saturated heterocycles. The lowest BCUT2D eigenvalue weighted by Gasteiger charge is -2.18. The Hall–Kier alpha value is -3.19. The van der Waals surface area contributed by atoms with E-state index in [1.165, 1.54) is 28.0 Å². The number of benzene rings is 2. The Labute approximate surface area is 157 Å². The zero-order valence-electron chi connectivity index (χ0n) is 14.1. The molecule has 4 rings (SSSR count). The number of carbonyl (C=O) groups excluding carboxylic acids is 1. The lowest BCUT2D eigenvalue weighted by atomic mass is 10.1. The molecular weight excluding hydrogens is 367 g/mol. The van der Waals surface area contributed by atoms with Gasteiger partial charge in [0.05, 0.1) is 11.6 Å². The van der Waals surface area contributed by atoms with Crippen LogP contribution in [0.5, 0.6) is 0 Å². The summed E-state index contributed by atoms with van der Waals surface area (Å²) < 4.78 is 19.7. The number of carbonyl (C=O) groups is 1. The average Bonchev–Trinajstić information content (AvgIpc) is 3.29. The van der Waals surface area contributed by atoms with Gasteiger partial charge >= 0.3 is 5.76 Å². The summed E-state index contributed by atoms with van der Waals surface area (Å²) in [5, 5.41) is 4.84. The van der Waals surface area contributed by atoms with E-state index in [9.17, 15) is 14.0 Å². The Kier molecular flexibility index (Phi) is 4.60. The molecule has 0 bridgehead atoms. The number of oxazole rings is 1. The average molecular weight is 382 g/mol. The minimum absolute atomic E-state index is 0.168. The molecule has 27 heavy (non-hydrogen) atoms. The van der Waals surface area contributed by atoms with Crippen LogP contribution in [0.3, 0.4) is 0 Å². The van der Waals surface area contributed by atoms with Crippen molar-refractivity contribution in [3.05, 3.63) is 92.9 Å².